The summed E-state index contributed by atoms with van der Waals surface area (Å²) < 4.78 is 0. The highest BCUT2D eigenvalue weighted by molar-refractivity contribution is 5.96. The van der Waals surface area contributed by atoms with Crippen LogP contribution in [0.4, 0.5) is 0 Å². The minimum atomic E-state index is 1.13. The summed E-state index contributed by atoms with van der Waals surface area (Å²) in [5, 5.41) is 1.24. The van der Waals surface area contributed by atoms with Gasteiger partial charge >= 0.3 is 0 Å². The largest absolute Gasteiger partial charge is 0.355 e. The number of benzene rings is 3. The van der Waals surface area contributed by atoms with Gasteiger partial charge in [-0.15, -0.1) is 0 Å². The van der Waals surface area contributed by atoms with Crippen molar-refractivity contribution in [1.29, 1.82) is 0 Å². The van der Waals surface area contributed by atoms with Crippen LogP contribution in [0.15, 0.2) is 72.8 Å². The molecule has 27 heavy (non-hydrogen) atoms. The van der Waals surface area contributed by atoms with E-state index in [4.69, 9.17) is 0 Å². The molecule has 3 aromatic carbocycles. The molecule has 1 N–H and O–H groups in total. The number of nitrogens with one attached hydrogen (secondary N) is 1. The number of rotatable bonds is 4. The quantitative estimate of drug-likeness (QED) is 0.403. The molecule has 4 rings (SSSR count). The molecule has 0 bridgehead atoms. The SMILES string of the molecule is Cc1ccc(/C=C/c2[nH]c3ccccc3c2/C=C/c2ccc(C)cc2)cc1. The van der Waals surface area contributed by atoms with Crippen LogP contribution in [0.25, 0.3) is 35.2 Å². The van der Waals surface area contributed by atoms with Gasteiger partial charge < -0.3 is 4.98 Å². The van der Waals surface area contributed by atoms with E-state index < -0.39 is 0 Å². The maximum absolute atomic E-state index is 3.55. The molecule has 0 amide bonds. The lowest BCUT2D eigenvalue weighted by atomic mass is 10.1. The monoisotopic (exact) mass is 349 g/mol. The van der Waals surface area contributed by atoms with Gasteiger partial charge in [0.05, 0.1) is 0 Å². The number of hydrogen-bond donors (Lipinski definition) is 1. The molecule has 0 aliphatic rings. The number of H-pyrrole nitrogens is 1. The predicted octanol–water partition coefficient (Wildman–Crippen LogP) is 7.13. The standard InChI is InChI=1S/C26H23N/c1-19-7-11-21(12-8-19)15-17-24-23-5-3-4-6-25(23)27-26(24)18-16-22-13-9-20(2)10-14-22/h3-18,27H,1-2H3/b17-15+,18-16+. The molecule has 0 spiro atoms. The van der Waals surface area contributed by atoms with Gasteiger partial charge in [-0.2, -0.15) is 0 Å². The van der Waals surface area contributed by atoms with Gasteiger partial charge in [0.1, 0.15) is 0 Å². The molecule has 1 heterocycles. The van der Waals surface area contributed by atoms with E-state index in [-0.39, 0.29) is 0 Å². The molecule has 0 aliphatic carbocycles. The van der Waals surface area contributed by atoms with Crippen molar-refractivity contribution in [2.45, 2.75) is 13.8 Å². The van der Waals surface area contributed by atoms with Crippen LogP contribution < -0.4 is 0 Å². The third-order valence-corrected chi connectivity index (χ3v) is 4.82. The molecule has 1 heteroatoms. The van der Waals surface area contributed by atoms with Crippen molar-refractivity contribution in [2.24, 2.45) is 0 Å². The molecule has 0 fully saturated rings. The van der Waals surface area contributed by atoms with E-state index in [0.717, 1.165) is 11.2 Å². The van der Waals surface area contributed by atoms with Gasteiger partial charge in [0.2, 0.25) is 0 Å². The number of para-hydroxylation sites is 1. The van der Waals surface area contributed by atoms with Crippen molar-refractivity contribution in [3.05, 3.63) is 106 Å². The van der Waals surface area contributed by atoms with Crippen molar-refractivity contribution >= 4 is 35.2 Å². The average Bonchev–Trinajstić information content (AvgIpc) is 3.05. The molecular formula is C26H23N. The van der Waals surface area contributed by atoms with Crippen LogP contribution in [0, 0.1) is 13.8 Å². The Morgan fingerprint density at radius 2 is 1.15 bits per heavy atom. The van der Waals surface area contributed by atoms with Crippen LogP contribution >= 0.6 is 0 Å². The van der Waals surface area contributed by atoms with Gasteiger partial charge in [-0.05, 0) is 37.1 Å². The molecule has 0 saturated heterocycles. The van der Waals surface area contributed by atoms with E-state index in [2.05, 4.69) is 116 Å². The molecule has 0 radical (unpaired) electrons. The Balaban J connectivity index is 1.72. The Morgan fingerprint density at radius 3 is 1.78 bits per heavy atom. The minimum absolute atomic E-state index is 1.13. The first-order chi connectivity index (χ1) is 13.2. The Morgan fingerprint density at radius 1 is 0.593 bits per heavy atom. The third-order valence-electron chi connectivity index (χ3n) is 4.82. The maximum atomic E-state index is 3.55. The molecule has 1 nitrogen and oxygen atoms in total. The Kier molecular flexibility index (Phi) is 4.76. The summed E-state index contributed by atoms with van der Waals surface area (Å²) in [4.78, 5) is 3.55. The number of aryl methyl sites for hydroxylation is 2. The van der Waals surface area contributed by atoms with Crippen molar-refractivity contribution in [2.75, 3.05) is 0 Å². The highest BCUT2D eigenvalue weighted by atomic mass is 14.7. The second kappa shape index (κ2) is 7.51. The van der Waals surface area contributed by atoms with Gasteiger partial charge in [-0.3, -0.25) is 0 Å². The molecule has 0 saturated carbocycles. The molecule has 0 unspecified atom stereocenters. The van der Waals surface area contributed by atoms with Gasteiger partial charge in [0.15, 0.2) is 0 Å². The summed E-state index contributed by atoms with van der Waals surface area (Å²) in [6.07, 6.45) is 8.71. The highest BCUT2D eigenvalue weighted by Gasteiger charge is 2.06. The van der Waals surface area contributed by atoms with Crippen molar-refractivity contribution in [3.63, 3.8) is 0 Å². The first-order valence-corrected chi connectivity index (χ1v) is 9.29. The molecule has 0 atom stereocenters. The van der Waals surface area contributed by atoms with E-state index >= 15 is 0 Å². The Bertz CT molecular complexity index is 1110. The van der Waals surface area contributed by atoms with E-state index in [1.54, 1.807) is 0 Å². The summed E-state index contributed by atoms with van der Waals surface area (Å²) in [6, 6.07) is 25.6. The molecule has 4 aromatic rings. The van der Waals surface area contributed by atoms with E-state index in [0.29, 0.717) is 0 Å². The van der Waals surface area contributed by atoms with Gasteiger partial charge in [-0.1, -0.05) is 96.1 Å². The average molecular weight is 349 g/mol. The lowest BCUT2D eigenvalue weighted by molar-refractivity contribution is 1.42. The molecule has 1 aromatic heterocycles. The first kappa shape index (κ1) is 17.1. The lowest BCUT2D eigenvalue weighted by Crippen LogP contribution is -1.78. The number of aromatic amines is 1. The van der Waals surface area contributed by atoms with Crippen LogP contribution in [0.2, 0.25) is 0 Å². The fourth-order valence-electron chi connectivity index (χ4n) is 3.21. The van der Waals surface area contributed by atoms with Crippen LogP contribution in [-0.4, -0.2) is 4.98 Å². The fourth-order valence-corrected chi connectivity index (χ4v) is 3.21. The number of aromatic nitrogens is 1. The van der Waals surface area contributed by atoms with Crippen LogP contribution in [0.5, 0.6) is 0 Å². The molecule has 132 valence electrons. The van der Waals surface area contributed by atoms with Crippen LogP contribution in [0.1, 0.15) is 33.5 Å². The summed E-state index contributed by atoms with van der Waals surface area (Å²) in [5.74, 6) is 0. The van der Waals surface area contributed by atoms with Crippen molar-refractivity contribution in [1.82, 2.24) is 4.98 Å². The predicted molar refractivity (Wildman–Crippen MR) is 119 cm³/mol. The molecular weight excluding hydrogens is 326 g/mol. The van der Waals surface area contributed by atoms with Gasteiger partial charge in [0.25, 0.3) is 0 Å². The lowest BCUT2D eigenvalue weighted by Gasteiger charge is -1.98. The maximum Gasteiger partial charge on any atom is 0.0465 e. The van der Waals surface area contributed by atoms with Gasteiger partial charge in [-0.25, -0.2) is 0 Å². The van der Waals surface area contributed by atoms with Crippen LogP contribution in [0.3, 0.4) is 0 Å². The normalized spacial score (nSPS) is 11.8. The third kappa shape index (κ3) is 3.93. The van der Waals surface area contributed by atoms with E-state index in [1.165, 1.54) is 33.2 Å². The fraction of sp³-hybridized carbons (Fsp3) is 0.0769. The number of hydrogen-bond acceptors (Lipinski definition) is 0. The zero-order chi connectivity index (χ0) is 18.6. The zero-order valence-electron chi connectivity index (χ0n) is 15.7. The van der Waals surface area contributed by atoms with Gasteiger partial charge in [0, 0.05) is 22.2 Å². The Labute approximate surface area is 160 Å². The van der Waals surface area contributed by atoms with Crippen molar-refractivity contribution < 1.29 is 0 Å². The summed E-state index contributed by atoms with van der Waals surface area (Å²) >= 11 is 0. The van der Waals surface area contributed by atoms with Crippen LogP contribution in [-0.2, 0) is 0 Å². The van der Waals surface area contributed by atoms with E-state index in [9.17, 15) is 0 Å². The van der Waals surface area contributed by atoms with E-state index in [1.807, 2.05) is 0 Å². The zero-order valence-corrected chi connectivity index (χ0v) is 15.7. The topological polar surface area (TPSA) is 15.8 Å². The number of fused-ring (bicyclic) bond motifs is 1. The summed E-state index contributed by atoms with van der Waals surface area (Å²) in [7, 11) is 0. The Hall–Kier alpha value is -3.32. The second-order valence-electron chi connectivity index (χ2n) is 6.99. The first-order valence-electron chi connectivity index (χ1n) is 9.29. The van der Waals surface area contributed by atoms with Crippen molar-refractivity contribution in [3.8, 4) is 0 Å². The second-order valence-corrected chi connectivity index (χ2v) is 6.99. The smallest absolute Gasteiger partial charge is 0.0465 e. The minimum Gasteiger partial charge on any atom is -0.355 e. The highest BCUT2D eigenvalue weighted by Crippen LogP contribution is 2.26. The summed E-state index contributed by atoms with van der Waals surface area (Å²) in [6.45, 7) is 4.22. The summed E-state index contributed by atoms with van der Waals surface area (Å²) in [5.41, 5.74) is 8.46. The molecule has 0 aliphatic heterocycles.